The van der Waals surface area contributed by atoms with Gasteiger partial charge in [0.2, 0.25) is 5.91 Å². The highest BCUT2D eigenvalue weighted by Crippen LogP contribution is 2.20. The first-order chi connectivity index (χ1) is 16.5. The maximum absolute atomic E-state index is 13.1. The summed E-state index contributed by atoms with van der Waals surface area (Å²) >= 11 is 0. The lowest BCUT2D eigenvalue weighted by atomic mass is 10.1. The fraction of sp³-hybridized carbons (Fsp3) is 0.259. The van der Waals surface area contributed by atoms with Gasteiger partial charge < -0.3 is 20.4 Å². The van der Waals surface area contributed by atoms with Crippen LogP contribution in [0, 0.1) is 5.82 Å². The van der Waals surface area contributed by atoms with Crippen LogP contribution < -0.4 is 15.5 Å². The fourth-order valence-electron chi connectivity index (χ4n) is 3.98. The van der Waals surface area contributed by atoms with Crippen molar-refractivity contribution in [3.05, 3.63) is 89.7 Å². The van der Waals surface area contributed by atoms with Gasteiger partial charge >= 0.3 is 6.03 Å². The molecule has 6 nitrogen and oxygen atoms in total. The van der Waals surface area contributed by atoms with Crippen molar-refractivity contribution >= 4 is 29.0 Å². The molecule has 0 aromatic heterocycles. The molecule has 0 saturated carbocycles. The number of rotatable bonds is 6. The number of piperazine rings is 1. The quantitative estimate of drug-likeness (QED) is 0.549. The Hall–Kier alpha value is -3.87. The van der Waals surface area contributed by atoms with Gasteiger partial charge in [0, 0.05) is 43.2 Å². The standard InChI is InChI=1S/C27H29FN4O2/c1-2-20-5-9-23(10-6-20)29-27(34)30-24-11-13-25(14-12-24)31-15-17-32(18-16-31)26(33)19-21-3-7-22(28)8-4-21/h3-14H,2,15-19H2,1H3,(H2,29,30,34). The minimum atomic E-state index is -0.298. The van der Waals surface area contributed by atoms with E-state index in [1.54, 1.807) is 12.1 Å². The number of urea groups is 1. The van der Waals surface area contributed by atoms with E-state index >= 15 is 0 Å². The number of halogens is 1. The summed E-state index contributed by atoms with van der Waals surface area (Å²) < 4.78 is 13.1. The normalized spacial score (nSPS) is 13.5. The van der Waals surface area contributed by atoms with Crippen LogP contribution in [0.1, 0.15) is 18.1 Å². The number of amides is 3. The largest absolute Gasteiger partial charge is 0.368 e. The van der Waals surface area contributed by atoms with Gasteiger partial charge in [0.1, 0.15) is 5.82 Å². The molecule has 4 rings (SSSR count). The van der Waals surface area contributed by atoms with Gasteiger partial charge in [0.15, 0.2) is 0 Å². The second kappa shape index (κ2) is 10.8. The molecule has 1 aliphatic rings. The van der Waals surface area contributed by atoms with Crippen LogP contribution in [-0.2, 0) is 17.6 Å². The smallest absolute Gasteiger partial charge is 0.323 e. The Kier molecular flexibility index (Phi) is 7.42. The number of nitrogens with one attached hydrogen (secondary N) is 2. The molecule has 3 amide bonds. The van der Waals surface area contributed by atoms with E-state index in [1.807, 2.05) is 53.4 Å². The summed E-state index contributed by atoms with van der Waals surface area (Å²) in [5.74, 6) is -0.241. The Morgan fingerprint density at radius 1 is 0.765 bits per heavy atom. The molecule has 34 heavy (non-hydrogen) atoms. The van der Waals surface area contributed by atoms with Crippen LogP contribution in [0.5, 0.6) is 0 Å². The molecule has 1 aliphatic heterocycles. The van der Waals surface area contributed by atoms with Gasteiger partial charge in [-0.05, 0) is 66.1 Å². The second-order valence-electron chi connectivity index (χ2n) is 8.35. The SMILES string of the molecule is CCc1ccc(NC(=O)Nc2ccc(N3CCN(C(=O)Cc4ccc(F)cc4)CC3)cc2)cc1. The van der Waals surface area contributed by atoms with E-state index in [0.29, 0.717) is 18.8 Å². The van der Waals surface area contributed by atoms with Crippen molar-refractivity contribution in [1.29, 1.82) is 0 Å². The zero-order valence-electron chi connectivity index (χ0n) is 19.3. The number of carbonyl (C=O) groups is 2. The van der Waals surface area contributed by atoms with E-state index < -0.39 is 0 Å². The molecule has 1 heterocycles. The molecule has 2 N–H and O–H groups in total. The first kappa shape index (κ1) is 23.3. The lowest BCUT2D eigenvalue weighted by molar-refractivity contribution is -0.130. The summed E-state index contributed by atoms with van der Waals surface area (Å²) in [7, 11) is 0. The maximum atomic E-state index is 13.1. The summed E-state index contributed by atoms with van der Waals surface area (Å²) in [6.45, 7) is 4.83. The molecule has 0 unspecified atom stereocenters. The van der Waals surface area contributed by atoms with Gasteiger partial charge in [-0.1, -0.05) is 31.2 Å². The summed E-state index contributed by atoms with van der Waals surface area (Å²) in [6, 6.07) is 21.3. The minimum absolute atomic E-state index is 0.0566. The number of aryl methyl sites for hydroxylation is 1. The van der Waals surface area contributed by atoms with Crippen molar-refractivity contribution in [2.75, 3.05) is 41.7 Å². The lowest BCUT2D eigenvalue weighted by Crippen LogP contribution is -2.49. The number of anilines is 3. The summed E-state index contributed by atoms with van der Waals surface area (Å²) in [4.78, 5) is 28.9. The topological polar surface area (TPSA) is 64.7 Å². The van der Waals surface area contributed by atoms with E-state index in [-0.39, 0.29) is 24.2 Å². The first-order valence-corrected chi connectivity index (χ1v) is 11.5. The molecule has 1 fully saturated rings. The van der Waals surface area contributed by atoms with Crippen LogP contribution in [0.2, 0.25) is 0 Å². The van der Waals surface area contributed by atoms with Crippen molar-refractivity contribution in [2.45, 2.75) is 19.8 Å². The molecule has 0 atom stereocenters. The highest BCUT2D eigenvalue weighted by molar-refractivity contribution is 5.99. The van der Waals surface area contributed by atoms with Crippen molar-refractivity contribution in [1.82, 2.24) is 4.90 Å². The van der Waals surface area contributed by atoms with Crippen LogP contribution >= 0.6 is 0 Å². The van der Waals surface area contributed by atoms with Crippen molar-refractivity contribution in [2.24, 2.45) is 0 Å². The summed E-state index contributed by atoms with van der Waals surface area (Å²) in [5, 5.41) is 5.69. The van der Waals surface area contributed by atoms with Gasteiger partial charge in [-0.3, -0.25) is 4.79 Å². The van der Waals surface area contributed by atoms with Gasteiger partial charge in [-0.15, -0.1) is 0 Å². The predicted molar refractivity (Wildman–Crippen MR) is 134 cm³/mol. The Labute approximate surface area is 199 Å². The molecule has 0 spiro atoms. The molecule has 1 saturated heterocycles. The molecule has 176 valence electrons. The zero-order chi connectivity index (χ0) is 23.9. The average Bonchev–Trinajstić information content (AvgIpc) is 2.86. The fourth-order valence-corrected chi connectivity index (χ4v) is 3.98. The third kappa shape index (κ3) is 6.13. The van der Waals surface area contributed by atoms with Gasteiger partial charge in [0.05, 0.1) is 6.42 Å². The Morgan fingerprint density at radius 3 is 1.85 bits per heavy atom. The van der Waals surface area contributed by atoms with Crippen molar-refractivity contribution in [3.63, 3.8) is 0 Å². The third-order valence-corrected chi connectivity index (χ3v) is 6.01. The second-order valence-corrected chi connectivity index (χ2v) is 8.35. The van der Waals surface area contributed by atoms with Crippen molar-refractivity contribution in [3.8, 4) is 0 Å². The lowest BCUT2D eigenvalue weighted by Gasteiger charge is -2.36. The average molecular weight is 461 g/mol. The molecular weight excluding hydrogens is 431 g/mol. The molecule has 0 bridgehead atoms. The highest BCUT2D eigenvalue weighted by Gasteiger charge is 2.21. The third-order valence-electron chi connectivity index (χ3n) is 6.01. The van der Waals surface area contributed by atoms with E-state index in [9.17, 15) is 14.0 Å². The first-order valence-electron chi connectivity index (χ1n) is 11.5. The van der Waals surface area contributed by atoms with E-state index in [0.717, 1.165) is 36.4 Å². The van der Waals surface area contributed by atoms with Gasteiger partial charge in [-0.25, -0.2) is 9.18 Å². The monoisotopic (exact) mass is 460 g/mol. The summed E-state index contributed by atoms with van der Waals surface area (Å²) in [6.07, 6.45) is 1.24. The molecule has 7 heteroatoms. The zero-order valence-corrected chi connectivity index (χ0v) is 19.3. The van der Waals surface area contributed by atoms with E-state index in [2.05, 4.69) is 22.5 Å². The van der Waals surface area contributed by atoms with Gasteiger partial charge in [0.25, 0.3) is 0 Å². The number of hydrogen-bond acceptors (Lipinski definition) is 3. The summed E-state index contributed by atoms with van der Waals surface area (Å²) in [5.41, 5.74) is 4.54. The Bertz CT molecular complexity index is 1110. The van der Waals surface area contributed by atoms with Crippen LogP contribution in [0.3, 0.4) is 0 Å². The van der Waals surface area contributed by atoms with Crippen molar-refractivity contribution < 1.29 is 14.0 Å². The van der Waals surface area contributed by atoms with E-state index in [1.165, 1.54) is 17.7 Å². The number of benzene rings is 3. The minimum Gasteiger partial charge on any atom is -0.368 e. The van der Waals surface area contributed by atoms with Crippen LogP contribution in [0.25, 0.3) is 0 Å². The molecule has 3 aromatic carbocycles. The molecule has 3 aromatic rings. The number of carbonyl (C=O) groups excluding carboxylic acids is 2. The Morgan fingerprint density at radius 2 is 1.29 bits per heavy atom. The highest BCUT2D eigenvalue weighted by atomic mass is 19.1. The Balaban J connectivity index is 1.25. The van der Waals surface area contributed by atoms with Crippen LogP contribution in [0.15, 0.2) is 72.8 Å². The van der Waals surface area contributed by atoms with E-state index in [4.69, 9.17) is 0 Å². The molecule has 0 radical (unpaired) electrons. The predicted octanol–water partition coefficient (Wildman–Crippen LogP) is 4.92. The number of nitrogens with zero attached hydrogens (tertiary/aromatic N) is 2. The molecular formula is C27H29FN4O2. The van der Waals surface area contributed by atoms with Crippen LogP contribution in [-0.4, -0.2) is 43.0 Å². The number of hydrogen-bond donors (Lipinski definition) is 2. The molecule has 0 aliphatic carbocycles. The van der Waals surface area contributed by atoms with Crippen LogP contribution in [0.4, 0.5) is 26.2 Å². The van der Waals surface area contributed by atoms with Gasteiger partial charge in [-0.2, -0.15) is 0 Å². The maximum Gasteiger partial charge on any atom is 0.323 e.